The van der Waals surface area contributed by atoms with Crippen LogP contribution in [0.15, 0.2) is 12.1 Å². The zero-order chi connectivity index (χ0) is 14.5. The third-order valence-corrected chi connectivity index (χ3v) is 3.57. The van der Waals surface area contributed by atoms with Gasteiger partial charge in [-0.3, -0.25) is 4.79 Å². The molecule has 20 heavy (non-hydrogen) atoms. The summed E-state index contributed by atoms with van der Waals surface area (Å²) in [4.78, 5) is 14.5. The first kappa shape index (κ1) is 14.7. The van der Waals surface area contributed by atoms with Crippen LogP contribution in [0.2, 0.25) is 0 Å². The minimum absolute atomic E-state index is 0.00356. The minimum Gasteiger partial charge on any atom is -0.496 e. The number of methoxy groups -OCH3 is 2. The Morgan fingerprint density at radius 2 is 1.90 bits per heavy atom. The first-order valence-electron chi connectivity index (χ1n) is 6.90. The summed E-state index contributed by atoms with van der Waals surface area (Å²) in [5.74, 6) is 1.32. The second-order valence-corrected chi connectivity index (χ2v) is 4.92. The molecule has 1 saturated heterocycles. The van der Waals surface area contributed by atoms with Crippen molar-refractivity contribution < 1.29 is 14.3 Å². The molecule has 1 heterocycles. The van der Waals surface area contributed by atoms with Crippen LogP contribution >= 0.6 is 0 Å². The Kier molecular flexibility index (Phi) is 4.84. The van der Waals surface area contributed by atoms with Crippen molar-refractivity contribution in [3.8, 4) is 11.5 Å². The topological polar surface area (TPSA) is 50.8 Å². The molecule has 0 unspecified atom stereocenters. The largest absolute Gasteiger partial charge is 0.496 e. The van der Waals surface area contributed by atoms with Gasteiger partial charge in [0.15, 0.2) is 0 Å². The lowest BCUT2D eigenvalue weighted by Crippen LogP contribution is -2.34. The van der Waals surface area contributed by atoms with Crippen LogP contribution in [0.25, 0.3) is 0 Å². The first-order chi connectivity index (χ1) is 9.67. The van der Waals surface area contributed by atoms with Crippen LogP contribution in [-0.4, -0.2) is 51.2 Å². The fourth-order valence-corrected chi connectivity index (χ4v) is 2.44. The van der Waals surface area contributed by atoms with Crippen LogP contribution < -0.4 is 14.8 Å². The quantitative estimate of drug-likeness (QED) is 0.909. The summed E-state index contributed by atoms with van der Waals surface area (Å²) in [5.41, 5.74) is 1.52. The predicted octanol–water partition coefficient (Wildman–Crippen LogP) is 1.45. The molecule has 1 amide bonds. The van der Waals surface area contributed by atoms with Gasteiger partial charge >= 0.3 is 0 Å². The summed E-state index contributed by atoms with van der Waals surface area (Å²) >= 11 is 0. The monoisotopic (exact) mass is 278 g/mol. The fraction of sp³-hybridized carbons (Fsp3) is 0.533. The number of nitrogens with zero attached hydrogens (tertiary/aromatic N) is 1. The molecule has 5 nitrogen and oxygen atoms in total. The number of carbonyl (C=O) groups is 1. The van der Waals surface area contributed by atoms with Crippen molar-refractivity contribution in [1.82, 2.24) is 10.2 Å². The van der Waals surface area contributed by atoms with Gasteiger partial charge in [-0.1, -0.05) is 0 Å². The van der Waals surface area contributed by atoms with Gasteiger partial charge in [0.2, 0.25) is 0 Å². The van der Waals surface area contributed by atoms with Gasteiger partial charge in [0.1, 0.15) is 11.5 Å². The zero-order valence-corrected chi connectivity index (χ0v) is 12.4. The summed E-state index contributed by atoms with van der Waals surface area (Å²) < 4.78 is 10.7. The Morgan fingerprint density at radius 1 is 1.15 bits per heavy atom. The molecule has 0 aliphatic carbocycles. The maximum absolute atomic E-state index is 12.7. The average Bonchev–Trinajstić information content (AvgIpc) is 2.75. The van der Waals surface area contributed by atoms with Gasteiger partial charge in [0, 0.05) is 19.6 Å². The first-order valence-corrected chi connectivity index (χ1v) is 6.90. The number of rotatable bonds is 3. The van der Waals surface area contributed by atoms with Gasteiger partial charge in [0.05, 0.1) is 19.8 Å². The van der Waals surface area contributed by atoms with Crippen molar-refractivity contribution in [2.75, 3.05) is 40.4 Å². The molecule has 1 aromatic carbocycles. The van der Waals surface area contributed by atoms with Crippen molar-refractivity contribution >= 4 is 5.91 Å². The van der Waals surface area contributed by atoms with Crippen LogP contribution in [-0.2, 0) is 0 Å². The third kappa shape index (κ3) is 3.04. The molecule has 0 spiro atoms. The molecule has 1 aliphatic heterocycles. The van der Waals surface area contributed by atoms with Crippen LogP contribution in [0.1, 0.15) is 22.3 Å². The van der Waals surface area contributed by atoms with Crippen LogP contribution in [0, 0.1) is 6.92 Å². The van der Waals surface area contributed by atoms with E-state index in [-0.39, 0.29) is 5.91 Å². The number of carbonyl (C=O) groups excluding carboxylic acids is 1. The van der Waals surface area contributed by atoms with E-state index in [9.17, 15) is 4.79 Å². The Labute approximate surface area is 119 Å². The molecular formula is C15H22N2O3. The highest BCUT2D eigenvalue weighted by molar-refractivity contribution is 5.97. The maximum atomic E-state index is 12.7. The van der Waals surface area contributed by atoms with Crippen LogP contribution in [0.4, 0.5) is 0 Å². The number of ether oxygens (including phenoxy) is 2. The van der Waals surface area contributed by atoms with E-state index in [2.05, 4.69) is 5.32 Å². The molecule has 1 aromatic rings. The summed E-state index contributed by atoms with van der Waals surface area (Å²) in [7, 11) is 3.20. The van der Waals surface area contributed by atoms with E-state index in [4.69, 9.17) is 9.47 Å². The third-order valence-electron chi connectivity index (χ3n) is 3.57. The van der Waals surface area contributed by atoms with Gasteiger partial charge in [-0.2, -0.15) is 0 Å². The lowest BCUT2D eigenvalue weighted by atomic mass is 10.1. The number of aryl methyl sites for hydroxylation is 1. The van der Waals surface area contributed by atoms with E-state index in [1.54, 1.807) is 20.3 Å². The molecule has 0 radical (unpaired) electrons. The SMILES string of the molecule is COc1cc(C(=O)N2CCCNCC2)c(OC)cc1C. The highest BCUT2D eigenvalue weighted by Crippen LogP contribution is 2.29. The van der Waals surface area contributed by atoms with Crippen molar-refractivity contribution in [3.63, 3.8) is 0 Å². The van der Waals surface area contributed by atoms with E-state index >= 15 is 0 Å². The standard InChI is InChI=1S/C15H22N2O3/c1-11-9-14(20-3)12(10-13(11)19-2)15(18)17-7-4-5-16-6-8-17/h9-10,16H,4-8H2,1-3H3. The molecule has 1 N–H and O–H groups in total. The molecule has 1 fully saturated rings. The summed E-state index contributed by atoms with van der Waals surface area (Å²) in [6.07, 6.45) is 0.969. The number of amides is 1. The number of nitrogens with one attached hydrogen (secondary N) is 1. The smallest absolute Gasteiger partial charge is 0.257 e. The van der Waals surface area contributed by atoms with Crippen molar-refractivity contribution in [3.05, 3.63) is 23.3 Å². The lowest BCUT2D eigenvalue weighted by Gasteiger charge is -2.22. The molecule has 0 atom stereocenters. The van der Waals surface area contributed by atoms with E-state index < -0.39 is 0 Å². The summed E-state index contributed by atoms with van der Waals surface area (Å²) in [6.45, 7) is 5.21. The molecule has 0 saturated carbocycles. The van der Waals surface area contributed by atoms with E-state index in [0.29, 0.717) is 17.1 Å². The second-order valence-electron chi connectivity index (χ2n) is 4.92. The zero-order valence-electron chi connectivity index (χ0n) is 12.4. The van der Waals surface area contributed by atoms with Gasteiger partial charge < -0.3 is 19.7 Å². The van der Waals surface area contributed by atoms with Crippen molar-refractivity contribution in [2.45, 2.75) is 13.3 Å². The molecule has 0 aromatic heterocycles. The van der Waals surface area contributed by atoms with Gasteiger partial charge in [0.25, 0.3) is 5.91 Å². The van der Waals surface area contributed by atoms with Crippen molar-refractivity contribution in [2.24, 2.45) is 0 Å². The molecule has 1 aliphatic rings. The molecule has 0 bridgehead atoms. The van der Waals surface area contributed by atoms with Gasteiger partial charge in [-0.05, 0) is 37.6 Å². The fourth-order valence-electron chi connectivity index (χ4n) is 2.44. The van der Waals surface area contributed by atoms with Crippen LogP contribution in [0.5, 0.6) is 11.5 Å². The number of hydrogen-bond acceptors (Lipinski definition) is 4. The Morgan fingerprint density at radius 3 is 2.60 bits per heavy atom. The highest BCUT2D eigenvalue weighted by atomic mass is 16.5. The molecule has 2 rings (SSSR count). The Bertz CT molecular complexity index is 480. The minimum atomic E-state index is 0.00356. The predicted molar refractivity (Wildman–Crippen MR) is 77.7 cm³/mol. The van der Waals surface area contributed by atoms with Gasteiger partial charge in [-0.25, -0.2) is 0 Å². The summed E-state index contributed by atoms with van der Waals surface area (Å²) in [5, 5.41) is 3.29. The van der Waals surface area contributed by atoms with E-state index in [1.165, 1.54) is 0 Å². The Hall–Kier alpha value is -1.75. The van der Waals surface area contributed by atoms with E-state index in [1.807, 2.05) is 17.9 Å². The number of benzene rings is 1. The van der Waals surface area contributed by atoms with Crippen molar-refractivity contribution in [1.29, 1.82) is 0 Å². The molecular weight excluding hydrogens is 256 g/mol. The lowest BCUT2D eigenvalue weighted by molar-refractivity contribution is 0.0762. The number of hydrogen-bond donors (Lipinski definition) is 1. The molecule has 5 heteroatoms. The average molecular weight is 278 g/mol. The van der Waals surface area contributed by atoms with Gasteiger partial charge in [-0.15, -0.1) is 0 Å². The second kappa shape index (κ2) is 6.61. The molecule has 110 valence electrons. The summed E-state index contributed by atoms with van der Waals surface area (Å²) in [6, 6.07) is 3.62. The Balaban J connectivity index is 2.31. The van der Waals surface area contributed by atoms with E-state index in [0.717, 1.165) is 38.2 Å². The maximum Gasteiger partial charge on any atom is 0.257 e. The highest BCUT2D eigenvalue weighted by Gasteiger charge is 2.22. The van der Waals surface area contributed by atoms with Crippen LogP contribution in [0.3, 0.4) is 0 Å². The normalized spacial score (nSPS) is 15.7.